The van der Waals surface area contributed by atoms with Crippen LogP contribution in [0.3, 0.4) is 0 Å². The molecule has 0 spiro atoms. The molecule has 19 heavy (non-hydrogen) atoms. The van der Waals surface area contributed by atoms with Gasteiger partial charge < -0.3 is 15.1 Å². The van der Waals surface area contributed by atoms with Gasteiger partial charge in [0.2, 0.25) is 0 Å². The molecule has 1 aromatic carbocycles. The topological polar surface area (TPSA) is 60.8 Å². The van der Waals surface area contributed by atoms with E-state index in [1.165, 1.54) is 5.56 Å². The third-order valence-electron chi connectivity index (χ3n) is 3.03. The van der Waals surface area contributed by atoms with Crippen molar-refractivity contribution in [1.29, 1.82) is 0 Å². The van der Waals surface area contributed by atoms with Crippen LogP contribution in [0.25, 0.3) is 0 Å². The molecule has 0 fully saturated rings. The van der Waals surface area contributed by atoms with Gasteiger partial charge in [-0.3, -0.25) is 4.79 Å². The maximum Gasteiger partial charge on any atom is 0.307 e. The van der Waals surface area contributed by atoms with Crippen LogP contribution in [0.1, 0.15) is 30.4 Å². The molecule has 0 aliphatic rings. The number of hydrogen-bond acceptors (Lipinski definition) is 3. The standard InChI is InChI=1S/C15H23NO3/c1-16(9-3-2-4-10-17)12-14-7-5-13(6-8-14)11-15(18)19/h5-8,17H,2-4,9-12H2,1H3,(H,18,19). The molecule has 106 valence electrons. The van der Waals surface area contributed by atoms with E-state index < -0.39 is 5.97 Å². The van der Waals surface area contributed by atoms with Crippen molar-refractivity contribution < 1.29 is 15.0 Å². The average Bonchev–Trinajstić information content (AvgIpc) is 2.36. The summed E-state index contributed by atoms with van der Waals surface area (Å²) in [5.74, 6) is -0.797. The molecule has 4 heteroatoms. The van der Waals surface area contributed by atoms with Crippen LogP contribution in [-0.4, -0.2) is 41.3 Å². The first kappa shape index (κ1) is 15.7. The van der Waals surface area contributed by atoms with Crippen LogP contribution in [0, 0.1) is 0 Å². The fourth-order valence-corrected chi connectivity index (χ4v) is 2.00. The van der Waals surface area contributed by atoms with Crippen molar-refractivity contribution in [2.45, 2.75) is 32.2 Å². The molecular formula is C15H23NO3. The zero-order valence-electron chi connectivity index (χ0n) is 11.5. The fraction of sp³-hybridized carbons (Fsp3) is 0.533. The molecular weight excluding hydrogens is 242 g/mol. The zero-order chi connectivity index (χ0) is 14.1. The molecule has 0 aliphatic heterocycles. The van der Waals surface area contributed by atoms with Gasteiger partial charge in [0.05, 0.1) is 6.42 Å². The molecule has 0 unspecified atom stereocenters. The van der Waals surface area contributed by atoms with Gasteiger partial charge in [-0.05, 0) is 44.0 Å². The Hall–Kier alpha value is -1.39. The van der Waals surface area contributed by atoms with E-state index in [9.17, 15) is 4.79 Å². The second-order valence-corrected chi connectivity index (χ2v) is 4.91. The average molecular weight is 265 g/mol. The minimum Gasteiger partial charge on any atom is -0.481 e. The summed E-state index contributed by atoms with van der Waals surface area (Å²) in [6, 6.07) is 7.73. The Labute approximate surface area is 114 Å². The lowest BCUT2D eigenvalue weighted by atomic mass is 10.1. The minimum atomic E-state index is -0.797. The molecule has 4 nitrogen and oxygen atoms in total. The van der Waals surface area contributed by atoms with Gasteiger partial charge in [-0.25, -0.2) is 0 Å². The van der Waals surface area contributed by atoms with E-state index in [0.29, 0.717) is 0 Å². The van der Waals surface area contributed by atoms with Gasteiger partial charge in [-0.2, -0.15) is 0 Å². The molecule has 0 aromatic heterocycles. The van der Waals surface area contributed by atoms with Crippen molar-refractivity contribution >= 4 is 5.97 Å². The van der Waals surface area contributed by atoms with Crippen molar-refractivity contribution in [3.05, 3.63) is 35.4 Å². The van der Waals surface area contributed by atoms with Crippen molar-refractivity contribution in [1.82, 2.24) is 4.90 Å². The lowest BCUT2D eigenvalue weighted by molar-refractivity contribution is -0.136. The van der Waals surface area contributed by atoms with Crippen LogP contribution >= 0.6 is 0 Å². The summed E-state index contributed by atoms with van der Waals surface area (Å²) < 4.78 is 0. The third-order valence-corrected chi connectivity index (χ3v) is 3.03. The Bertz CT molecular complexity index is 375. The van der Waals surface area contributed by atoms with E-state index in [4.69, 9.17) is 10.2 Å². The van der Waals surface area contributed by atoms with Gasteiger partial charge in [0.15, 0.2) is 0 Å². The first-order valence-electron chi connectivity index (χ1n) is 6.71. The number of benzene rings is 1. The Kier molecular flexibility index (Phi) is 7.15. The number of nitrogens with zero attached hydrogens (tertiary/aromatic N) is 1. The number of carboxylic acid groups (broad SMARTS) is 1. The largest absolute Gasteiger partial charge is 0.481 e. The van der Waals surface area contributed by atoms with E-state index in [1.54, 1.807) is 0 Å². The highest BCUT2D eigenvalue weighted by Crippen LogP contribution is 2.08. The molecule has 0 atom stereocenters. The molecule has 1 aromatic rings. The third kappa shape index (κ3) is 6.94. The van der Waals surface area contributed by atoms with Gasteiger partial charge in [-0.1, -0.05) is 24.3 Å². The maximum absolute atomic E-state index is 10.6. The summed E-state index contributed by atoms with van der Waals surface area (Å²) >= 11 is 0. The summed E-state index contributed by atoms with van der Waals surface area (Å²) in [4.78, 5) is 12.8. The highest BCUT2D eigenvalue weighted by Gasteiger charge is 2.03. The van der Waals surface area contributed by atoms with Crippen molar-refractivity contribution in [3.63, 3.8) is 0 Å². The number of aliphatic hydroxyl groups is 1. The zero-order valence-corrected chi connectivity index (χ0v) is 11.5. The predicted molar refractivity (Wildman–Crippen MR) is 75.1 cm³/mol. The summed E-state index contributed by atoms with van der Waals surface area (Å²) in [5, 5.41) is 17.4. The first-order valence-corrected chi connectivity index (χ1v) is 6.71. The second kappa shape index (κ2) is 8.67. The van der Waals surface area contributed by atoms with Crippen LogP contribution in [0.4, 0.5) is 0 Å². The van der Waals surface area contributed by atoms with Gasteiger partial charge >= 0.3 is 5.97 Å². The van der Waals surface area contributed by atoms with Crippen molar-refractivity contribution in [2.75, 3.05) is 20.2 Å². The van der Waals surface area contributed by atoms with E-state index in [2.05, 4.69) is 11.9 Å². The summed E-state index contributed by atoms with van der Waals surface area (Å²) in [6.45, 7) is 2.15. The molecule has 1 rings (SSSR count). The van der Waals surface area contributed by atoms with Crippen LogP contribution in [-0.2, 0) is 17.8 Å². The molecule has 0 saturated carbocycles. The highest BCUT2D eigenvalue weighted by molar-refractivity contribution is 5.70. The smallest absolute Gasteiger partial charge is 0.307 e. The van der Waals surface area contributed by atoms with E-state index in [-0.39, 0.29) is 13.0 Å². The lowest BCUT2D eigenvalue weighted by Gasteiger charge is -2.16. The molecule has 0 saturated heterocycles. The number of unbranched alkanes of at least 4 members (excludes halogenated alkanes) is 2. The number of aliphatic hydroxyl groups excluding tert-OH is 1. The second-order valence-electron chi connectivity index (χ2n) is 4.91. The Morgan fingerprint density at radius 3 is 2.32 bits per heavy atom. The molecule has 2 N–H and O–H groups in total. The van der Waals surface area contributed by atoms with Crippen molar-refractivity contribution in [3.8, 4) is 0 Å². The van der Waals surface area contributed by atoms with E-state index in [1.807, 2.05) is 24.3 Å². The Morgan fingerprint density at radius 2 is 1.74 bits per heavy atom. The van der Waals surface area contributed by atoms with Gasteiger partial charge in [0.25, 0.3) is 0 Å². The van der Waals surface area contributed by atoms with Gasteiger partial charge in [0, 0.05) is 13.2 Å². The van der Waals surface area contributed by atoms with Crippen LogP contribution in [0.2, 0.25) is 0 Å². The molecule has 0 amide bonds. The monoisotopic (exact) mass is 265 g/mol. The lowest BCUT2D eigenvalue weighted by Crippen LogP contribution is -2.19. The molecule has 0 aliphatic carbocycles. The van der Waals surface area contributed by atoms with Gasteiger partial charge in [-0.15, -0.1) is 0 Å². The number of rotatable bonds is 9. The number of carbonyl (C=O) groups is 1. The molecule has 0 radical (unpaired) electrons. The van der Waals surface area contributed by atoms with Crippen LogP contribution < -0.4 is 0 Å². The summed E-state index contributed by atoms with van der Waals surface area (Å²) in [5.41, 5.74) is 2.03. The van der Waals surface area contributed by atoms with Gasteiger partial charge in [0.1, 0.15) is 0 Å². The number of aliphatic carboxylic acids is 1. The van der Waals surface area contributed by atoms with Crippen LogP contribution in [0.15, 0.2) is 24.3 Å². The van der Waals surface area contributed by atoms with Crippen LogP contribution in [0.5, 0.6) is 0 Å². The summed E-state index contributed by atoms with van der Waals surface area (Å²) in [6.07, 6.45) is 3.10. The summed E-state index contributed by atoms with van der Waals surface area (Å²) in [7, 11) is 2.07. The van der Waals surface area contributed by atoms with E-state index in [0.717, 1.165) is 37.9 Å². The van der Waals surface area contributed by atoms with Crippen molar-refractivity contribution in [2.24, 2.45) is 0 Å². The predicted octanol–water partition coefficient (Wildman–Crippen LogP) is 1.91. The molecule has 0 heterocycles. The number of hydrogen-bond donors (Lipinski definition) is 2. The highest BCUT2D eigenvalue weighted by atomic mass is 16.4. The minimum absolute atomic E-state index is 0.0806. The van der Waals surface area contributed by atoms with E-state index >= 15 is 0 Å². The maximum atomic E-state index is 10.6. The number of carboxylic acids is 1. The quantitative estimate of drug-likeness (QED) is 0.670. The molecule has 0 bridgehead atoms. The SMILES string of the molecule is CN(CCCCCO)Cc1ccc(CC(=O)O)cc1. The first-order chi connectivity index (χ1) is 9.11. The Morgan fingerprint density at radius 1 is 1.11 bits per heavy atom. The Balaban J connectivity index is 2.33. The normalized spacial score (nSPS) is 10.9. The fourth-order valence-electron chi connectivity index (χ4n) is 2.00.